The second kappa shape index (κ2) is 9.25. The molecule has 0 spiro atoms. The molecule has 0 aliphatic rings. The largest absolute Gasteiger partial charge is 0.525 e. The lowest BCUT2D eigenvalue weighted by molar-refractivity contribution is -0.132. The van der Waals surface area contributed by atoms with Gasteiger partial charge >= 0.3 is 0 Å². The normalized spacial score (nSPS) is 11.4. The van der Waals surface area contributed by atoms with Gasteiger partial charge in [-0.1, -0.05) is 52.4 Å². The van der Waals surface area contributed by atoms with Crippen LogP contribution in [0.5, 0.6) is 0 Å². The van der Waals surface area contributed by atoms with Gasteiger partial charge in [0.1, 0.15) is 0 Å². The van der Waals surface area contributed by atoms with Gasteiger partial charge in [-0.3, -0.25) is 4.79 Å². The first-order chi connectivity index (χ1) is 6.70. The molecule has 0 bridgehead atoms. The quantitative estimate of drug-likeness (QED) is 0.583. The van der Waals surface area contributed by atoms with Crippen molar-refractivity contribution in [3.05, 3.63) is 0 Å². The van der Waals surface area contributed by atoms with E-state index in [-0.39, 0.29) is 5.97 Å². The van der Waals surface area contributed by atoms with Crippen molar-refractivity contribution in [3.8, 4) is 0 Å². The molecule has 0 N–H and O–H groups in total. The summed E-state index contributed by atoms with van der Waals surface area (Å²) in [5, 5.41) is 0. The first-order valence-electron chi connectivity index (χ1n) is 5.84. The van der Waals surface area contributed by atoms with Gasteiger partial charge in [-0.05, 0) is 5.54 Å². The monoisotopic (exact) mass is 216 g/mol. The van der Waals surface area contributed by atoms with E-state index in [9.17, 15) is 4.79 Å². The molecule has 0 amide bonds. The molecule has 0 aromatic heterocycles. The van der Waals surface area contributed by atoms with E-state index in [2.05, 4.69) is 13.8 Å². The van der Waals surface area contributed by atoms with Crippen LogP contribution in [0.1, 0.15) is 59.3 Å². The fourth-order valence-electron chi connectivity index (χ4n) is 1.53. The molecule has 0 atom stereocenters. The Balaban J connectivity index is 3.65. The first kappa shape index (κ1) is 13.7. The average Bonchev–Trinajstić information content (AvgIpc) is 2.16. The number of carbonyl (C=O) groups excluding carboxylic acids is 1. The maximum atomic E-state index is 10.7. The summed E-state index contributed by atoms with van der Waals surface area (Å²) in [4.78, 5) is 10.7. The van der Waals surface area contributed by atoms with Crippen LogP contribution in [0.15, 0.2) is 0 Å². The molecule has 84 valence electrons. The number of hydrogen-bond acceptors (Lipinski definition) is 2. The maximum absolute atomic E-state index is 10.7. The molecule has 0 rings (SSSR count). The summed E-state index contributed by atoms with van der Waals surface area (Å²) in [6.07, 6.45) is 7.57. The van der Waals surface area contributed by atoms with Gasteiger partial charge in [0, 0.05) is 6.92 Å². The lowest BCUT2D eigenvalue weighted by Gasteiger charge is -2.14. The number of unbranched alkanes of at least 4 members (excludes halogenated alkanes) is 2. The standard InChI is InChI=1S/C11H24O2Si/c1-4-6-8-11(9-7-5-2)14-13-10(3)12/h11H,4-9,14H2,1-3H3. The first-order valence-corrected chi connectivity index (χ1v) is 7.23. The molecule has 0 heterocycles. The van der Waals surface area contributed by atoms with Crippen LogP contribution in [0.25, 0.3) is 0 Å². The molecule has 0 fully saturated rings. The lowest BCUT2D eigenvalue weighted by Crippen LogP contribution is -2.11. The second-order valence-corrected chi connectivity index (χ2v) is 5.73. The highest BCUT2D eigenvalue weighted by molar-refractivity contribution is 6.32. The van der Waals surface area contributed by atoms with E-state index in [1.165, 1.54) is 45.4 Å². The highest BCUT2D eigenvalue weighted by Gasteiger charge is 2.10. The molecule has 0 unspecified atom stereocenters. The van der Waals surface area contributed by atoms with E-state index in [0.29, 0.717) is 0 Å². The molecule has 0 aromatic rings. The SMILES string of the molecule is CCCCC(CCCC)[SiH2]OC(C)=O. The molecule has 14 heavy (non-hydrogen) atoms. The van der Waals surface area contributed by atoms with E-state index >= 15 is 0 Å². The van der Waals surface area contributed by atoms with E-state index < -0.39 is 9.76 Å². The Hall–Kier alpha value is -0.313. The van der Waals surface area contributed by atoms with Crippen LogP contribution in [-0.4, -0.2) is 15.7 Å². The molecule has 0 aliphatic heterocycles. The summed E-state index contributed by atoms with van der Waals surface area (Å²) in [5.41, 5.74) is 0.721. The summed E-state index contributed by atoms with van der Waals surface area (Å²) in [6, 6.07) is 0. The van der Waals surface area contributed by atoms with Crippen LogP contribution in [0.2, 0.25) is 5.54 Å². The van der Waals surface area contributed by atoms with Crippen molar-refractivity contribution in [2.24, 2.45) is 0 Å². The summed E-state index contributed by atoms with van der Waals surface area (Å²) in [7, 11) is -0.612. The molecular weight excluding hydrogens is 192 g/mol. The summed E-state index contributed by atoms with van der Waals surface area (Å²) in [5.74, 6) is -0.0883. The molecule has 0 saturated carbocycles. The smallest absolute Gasteiger partial charge is 0.288 e. The Morgan fingerprint density at radius 2 is 1.71 bits per heavy atom. The Morgan fingerprint density at radius 3 is 2.07 bits per heavy atom. The Kier molecular flexibility index (Phi) is 9.04. The highest BCUT2D eigenvalue weighted by Crippen LogP contribution is 2.21. The summed E-state index contributed by atoms with van der Waals surface area (Å²) < 4.78 is 5.20. The van der Waals surface area contributed by atoms with Crippen molar-refractivity contribution in [1.82, 2.24) is 0 Å². The van der Waals surface area contributed by atoms with Crippen molar-refractivity contribution < 1.29 is 9.22 Å². The third kappa shape index (κ3) is 8.29. The summed E-state index contributed by atoms with van der Waals surface area (Å²) in [6.45, 7) is 5.94. The van der Waals surface area contributed by atoms with Crippen molar-refractivity contribution in [2.75, 3.05) is 0 Å². The van der Waals surface area contributed by atoms with Gasteiger partial charge in [0.2, 0.25) is 9.76 Å². The minimum absolute atomic E-state index is 0.0883. The van der Waals surface area contributed by atoms with Gasteiger partial charge in [-0.2, -0.15) is 0 Å². The third-order valence-electron chi connectivity index (χ3n) is 2.45. The second-order valence-electron chi connectivity index (χ2n) is 3.95. The van der Waals surface area contributed by atoms with Gasteiger partial charge in [0.05, 0.1) is 0 Å². The maximum Gasteiger partial charge on any atom is 0.288 e. The Bertz CT molecular complexity index is 140. The van der Waals surface area contributed by atoms with Gasteiger partial charge in [0.25, 0.3) is 5.97 Å². The molecule has 2 nitrogen and oxygen atoms in total. The zero-order chi connectivity index (χ0) is 10.8. The van der Waals surface area contributed by atoms with Crippen LogP contribution in [-0.2, 0) is 9.22 Å². The zero-order valence-electron chi connectivity index (χ0n) is 9.84. The third-order valence-corrected chi connectivity index (χ3v) is 4.32. The number of hydrogen-bond donors (Lipinski definition) is 0. The minimum atomic E-state index is -0.612. The predicted octanol–water partition coefficient (Wildman–Crippen LogP) is 2.80. The fourth-order valence-corrected chi connectivity index (χ4v) is 2.91. The van der Waals surface area contributed by atoms with Gasteiger partial charge in [-0.25, -0.2) is 0 Å². The van der Waals surface area contributed by atoms with E-state index in [1.807, 2.05) is 0 Å². The van der Waals surface area contributed by atoms with Crippen molar-refractivity contribution >= 4 is 15.7 Å². The zero-order valence-corrected chi connectivity index (χ0v) is 11.3. The van der Waals surface area contributed by atoms with Crippen LogP contribution in [0.4, 0.5) is 0 Å². The van der Waals surface area contributed by atoms with Crippen LogP contribution < -0.4 is 0 Å². The van der Waals surface area contributed by atoms with E-state index in [1.54, 1.807) is 0 Å². The Morgan fingerprint density at radius 1 is 1.21 bits per heavy atom. The summed E-state index contributed by atoms with van der Waals surface area (Å²) >= 11 is 0. The fraction of sp³-hybridized carbons (Fsp3) is 0.909. The molecule has 3 heteroatoms. The highest BCUT2D eigenvalue weighted by atomic mass is 28.2. The van der Waals surface area contributed by atoms with Crippen LogP contribution in [0.3, 0.4) is 0 Å². The van der Waals surface area contributed by atoms with Crippen LogP contribution >= 0.6 is 0 Å². The topological polar surface area (TPSA) is 26.3 Å². The average molecular weight is 216 g/mol. The van der Waals surface area contributed by atoms with Crippen molar-refractivity contribution in [2.45, 2.75) is 64.8 Å². The van der Waals surface area contributed by atoms with Crippen LogP contribution in [0, 0.1) is 0 Å². The van der Waals surface area contributed by atoms with Gasteiger partial charge in [-0.15, -0.1) is 0 Å². The molecule has 0 aromatic carbocycles. The van der Waals surface area contributed by atoms with E-state index in [4.69, 9.17) is 4.43 Å². The molecular formula is C11H24O2Si. The van der Waals surface area contributed by atoms with Crippen molar-refractivity contribution in [1.29, 1.82) is 0 Å². The lowest BCUT2D eigenvalue weighted by atomic mass is 10.1. The Labute approximate surface area is 90.4 Å². The number of rotatable bonds is 8. The van der Waals surface area contributed by atoms with Gasteiger partial charge in [0.15, 0.2) is 0 Å². The molecule has 0 aliphatic carbocycles. The molecule has 0 saturated heterocycles. The van der Waals surface area contributed by atoms with E-state index in [0.717, 1.165) is 5.54 Å². The predicted molar refractivity (Wildman–Crippen MR) is 63.1 cm³/mol. The minimum Gasteiger partial charge on any atom is -0.525 e. The van der Waals surface area contributed by atoms with Crippen molar-refractivity contribution in [3.63, 3.8) is 0 Å². The molecule has 0 radical (unpaired) electrons. The van der Waals surface area contributed by atoms with Gasteiger partial charge < -0.3 is 4.43 Å². The number of carbonyl (C=O) groups is 1.